The number of nitrogens with one attached hydrogen (secondary N) is 12. The molecule has 0 aliphatic carbocycles. The van der Waals surface area contributed by atoms with E-state index in [1.165, 1.54) is 58.3 Å². The van der Waals surface area contributed by atoms with Crippen LogP contribution >= 0.6 is 0 Å². The van der Waals surface area contributed by atoms with E-state index < -0.39 is 183 Å². The Kier molecular flexibility index (Phi) is 48.3. The lowest BCUT2D eigenvalue weighted by atomic mass is 9.90. The number of aliphatic hydroxyl groups excluding tert-OH is 2. The number of carbonyl (C=O) groups is 15. The minimum absolute atomic E-state index is 0.00255. The van der Waals surface area contributed by atoms with Gasteiger partial charge in [-0.3, -0.25) is 81.9 Å². The van der Waals surface area contributed by atoms with Gasteiger partial charge in [0.15, 0.2) is 23.4 Å². The molecule has 0 spiro atoms. The fourth-order valence-electron chi connectivity index (χ4n) is 15.8. The lowest BCUT2D eigenvalue weighted by Crippen LogP contribution is -2.60. The highest BCUT2D eigenvalue weighted by atomic mass is 16.5. The molecule has 3 aliphatic rings. The zero-order valence-electron chi connectivity index (χ0n) is 75.6. The van der Waals surface area contributed by atoms with Crippen molar-refractivity contribution < 1.29 is 91.6 Å². The number of Topliss-reactive ketones (excluding diaryl/α,β-unsaturated/α-hetero) is 3. The number of aromatic amines is 2. The van der Waals surface area contributed by atoms with E-state index in [1.54, 1.807) is 48.8 Å². The average Bonchev–Trinajstić information content (AvgIpc) is 1.69. The number of aryl methyl sites for hydroxylation is 1. The van der Waals surface area contributed by atoms with Gasteiger partial charge in [-0.2, -0.15) is 5.21 Å². The highest BCUT2D eigenvalue weighted by molar-refractivity contribution is 6.00. The molecule has 0 bridgehead atoms. The Morgan fingerprint density at radius 1 is 0.649 bits per heavy atom. The number of benzene rings is 2. The number of guanidine groups is 1. The van der Waals surface area contributed by atoms with Gasteiger partial charge in [0, 0.05) is 125 Å². The lowest BCUT2D eigenvalue weighted by Gasteiger charge is -2.31. The molecule has 5 heterocycles. The molecule has 20 N–H and O–H groups in total. The van der Waals surface area contributed by atoms with Gasteiger partial charge in [0.1, 0.15) is 54.7 Å². The molecule has 0 radical (unpaired) electrons. The van der Waals surface area contributed by atoms with Crippen LogP contribution in [0.2, 0.25) is 0 Å². The molecule has 40 nitrogen and oxygen atoms in total. The fraction of sp³-hybridized carbons (Fsp3) is 0.626. The summed E-state index contributed by atoms with van der Waals surface area (Å²) < 4.78 is 10.9. The van der Waals surface area contributed by atoms with Crippen LogP contribution in [0, 0.1) is 5.92 Å². The highest BCUT2D eigenvalue weighted by Gasteiger charge is 2.44. The number of tetrazole rings is 1. The zero-order valence-corrected chi connectivity index (χ0v) is 75.6. The van der Waals surface area contributed by atoms with E-state index in [4.69, 9.17) is 26.7 Å². The molecule has 2 aromatic carbocycles. The van der Waals surface area contributed by atoms with Gasteiger partial charge in [-0.25, -0.2) is 0 Å². The summed E-state index contributed by atoms with van der Waals surface area (Å²) in [6, 6.07) is 2.61. The van der Waals surface area contributed by atoms with Gasteiger partial charge in [0.25, 0.3) is 0 Å². The van der Waals surface area contributed by atoms with Gasteiger partial charge in [-0.1, -0.05) is 163 Å². The second-order valence-electron chi connectivity index (χ2n) is 33.8. The number of hydrogen-bond donors (Lipinski definition) is 17. The molecule has 0 saturated carbocycles. The topological polar surface area (TPSA) is 612 Å². The molecule has 3 aliphatic heterocycles. The molecular formula is C91H137N21O19. The minimum Gasteiger partial charge on any atom is -0.394 e. The van der Waals surface area contributed by atoms with Crippen molar-refractivity contribution in [2.45, 2.75) is 299 Å². The van der Waals surface area contributed by atoms with E-state index in [1.807, 2.05) is 31.2 Å². The van der Waals surface area contributed by atoms with E-state index >= 15 is 24.0 Å². The van der Waals surface area contributed by atoms with Crippen molar-refractivity contribution in [3.05, 3.63) is 89.5 Å². The maximum absolute atomic E-state index is 15.4. The Labute approximate surface area is 764 Å². The predicted molar refractivity (Wildman–Crippen MR) is 486 cm³/mol. The number of ketones is 3. The van der Waals surface area contributed by atoms with Crippen LogP contribution in [0.4, 0.5) is 0 Å². The van der Waals surface area contributed by atoms with Gasteiger partial charge in [-0.15, -0.1) is 10.2 Å². The largest absolute Gasteiger partial charge is 0.394 e. The molecular weight excluding hydrogens is 1690 g/mol. The van der Waals surface area contributed by atoms with Gasteiger partial charge in [0.2, 0.25) is 70.9 Å². The Morgan fingerprint density at radius 2 is 1.31 bits per heavy atom. The third-order valence-electron chi connectivity index (χ3n) is 23.2. The van der Waals surface area contributed by atoms with Crippen LogP contribution in [0.25, 0.3) is 10.9 Å². The van der Waals surface area contributed by atoms with Gasteiger partial charge in [-0.05, 0) is 81.9 Å². The summed E-state index contributed by atoms with van der Waals surface area (Å²) in [6.45, 7) is 1.15. The molecule has 11 atom stereocenters. The number of para-hydroxylation sites is 1. The number of carbonyl (C=O) groups excluding carboxylic acids is 15. The second-order valence-corrected chi connectivity index (χ2v) is 33.8. The average molecular weight is 1830 g/mol. The lowest BCUT2D eigenvalue weighted by molar-refractivity contribution is -0.143. The van der Waals surface area contributed by atoms with E-state index in [2.05, 4.69) is 88.8 Å². The Balaban J connectivity index is 0.960. The van der Waals surface area contributed by atoms with E-state index in [0.717, 1.165) is 60.2 Å². The molecule has 7 rings (SSSR count). The number of amides is 12. The molecule has 720 valence electrons. The number of aromatic nitrogens is 5. The number of ether oxygens (including phenoxy) is 2. The third-order valence-corrected chi connectivity index (χ3v) is 23.2. The first-order chi connectivity index (χ1) is 63.2. The first-order valence-electron chi connectivity index (χ1n) is 46.3. The first kappa shape index (κ1) is 106. The number of rotatable bonds is 54. The van der Waals surface area contributed by atoms with Crippen molar-refractivity contribution in [1.82, 2.24) is 83.7 Å². The van der Waals surface area contributed by atoms with Gasteiger partial charge in [0.05, 0.1) is 51.2 Å². The number of fused-ring (bicyclic) bond motifs is 2. The first-order valence-corrected chi connectivity index (χ1v) is 46.3. The Bertz CT molecular complexity index is 4430. The molecule has 2 saturated heterocycles. The summed E-state index contributed by atoms with van der Waals surface area (Å²) in [6.07, 6.45) is 19.3. The standard InChI is InChI=1S/C91H137N21O19/c1-3-4-30-61(51-77(117)72(52-63-31-26-43-95-63)105-85(124)70(41-42-78(92)118)103-88(127)75(57-113)100-81(120)55-99-82(121)58-131-48-47-130-46-45-96-80(119)38-23-15-13-11-9-7-5-6-8-10-12-14-22-37-79-108-110-111-109-79)83(122)104-71-40-39-64(115)32-20-17-21-34-67(59(2)114)101-87(126)74(50-62-54-98-68-35-25-24-33-66(62)68)106-84(123)69(36-27-44-97-91(93)94)102-86(125)73(49-60-28-18-16-19-29-60)107-89(128)76-53-65(116)56-112(76)90(71)129/h16,18-19,24-25,28-29,31,33,35,43,54,61,65,67,69-76,98,113,116H,3-15,17,20-23,26-27,30,32,34,36-42,44-53,55-58H2,1-2H3,(H2,92,118)(H,96,119)(H,99,121)(H,100,120)(H,101,126)(H,102,125)(H,103,127)(H,104,122)(H,105,124)(H,106,123)(H,107,128)(H4,93,94,97)(H,108,109,110,111)/t61-,65-,67+,69+,70+,71+,72+,73-,74+,75+,76+/m1/s1. The summed E-state index contributed by atoms with van der Waals surface area (Å²) in [4.78, 5) is 224. The predicted octanol–water partition coefficient (Wildman–Crippen LogP) is 2.00. The van der Waals surface area contributed by atoms with Crippen molar-refractivity contribution in [3.8, 4) is 0 Å². The summed E-state index contributed by atoms with van der Waals surface area (Å²) in [7, 11) is 0. The number of unbranched alkanes of at least 4 members (excludes halogenated alkanes) is 13. The Morgan fingerprint density at radius 3 is 2.00 bits per heavy atom. The van der Waals surface area contributed by atoms with E-state index in [9.17, 15) is 58.2 Å². The van der Waals surface area contributed by atoms with E-state index in [0.29, 0.717) is 68.3 Å². The number of nitrogens with two attached hydrogens (primary N) is 3. The van der Waals surface area contributed by atoms with Gasteiger partial charge >= 0.3 is 0 Å². The summed E-state index contributed by atoms with van der Waals surface area (Å²) in [5.74, 6) is -12.0. The molecule has 40 heteroatoms. The summed E-state index contributed by atoms with van der Waals surface area (Å²) in [5.41, 5.74) is 19.2. The van der Waals surface area contributed by atoms with E-state index in [-0.39, 0.29) is 120 Å². The SMILES string of the molecule is CCCC[C@H](CC(=O)[C@H](CC1=CCC=N1)NC(=O)[C@H](CCC(N)=O)NC(=O)[C@H](CO)NC(=O)CNC(=O)COCCOCCNC(=O)CCCCCCCCCCCCCCCc1nn[nH]n1)C(=O)N[C@H]1CCC(=O)CCCCC[C@@H](C(C)=O)NC(=O)[C@H](Cc2c[nH]c3ccccc23)NC(=O)[C@H](CCCN=C(N)N)NC(=O)[C@@H](Cc2ccccc2)NC(=O)[C@@H]2C[C@@H](O)CN2C1=O. The van der Waals surface area contributed by atoms with Crippen molar-refractivity contribution >= 4 is 111 Å². The van der Waals surface area contributed by atoms with Crippen molar-refractivity contribution in [2.75, 3.05) is 59.2 Å². The molecule has 131 heavy (non-hydrogen) atoms. The van der Waals surface area contributed by atoms with Crippen LogP contribution in [0.15, 0.2) is 82.6 Å². The fourth-order valence-corrected chi connectivity index (χ4v) is 15.8. The van der Waals surface area contributed by atoms with Crippen molar-refractivity contribution in [1.29, 1.82) is 0 Å². The van der Waals surface area contributed by atoms with Crippen LogP contribution in [0.3, 0.4) is 0 Å². The number of aliphatic hydroxyl groups is 2. The van der Waals surface area contributed by atoms with Crippen LogP contribution in [0.1, 0.15) is 236 Å². The maximum Gasteiger partial charge on any atom is 0.246 e. The quantitative estimate of drug-likeness (QED) is 0.0171. The number of aliphatic imine (C=N–C) groups is 2. The third kappa shape index (κ3) is 40.2. The maximum atomic E-state index is 15.4. The molecule has 2 fully saturated rings. The number of hydrogen-bond acceptors (Lipinski definition) is 24. The van der Waals surface area contributed by atoms with Crippen molar-refractivity contribution in [3.63, 3.8) is 0 Å². The van der Waals surface area contributed by atoms with Gasteiger partial charge < -0.3 is 99.9 Å². The normalized spacial score (nSPS) is 19.4. The van der Waals surface area contributed by atoms with Crippen LogP contribution < -0.4 is 70.4 Å². The monoisotopic (exact) mass is 1830 g/mol. The Hall–Kier alpha value is -11.8. The number of allylic oxidation sites excluding steroid dienone is 1. The van der Waals surface area contributed by atoms with Crippen molar-refractivity contribution in [2.24, 2.45) is 33.1 Å². The summed E-state index contributed by atoms with van der Waals surface area (Å²) in [5, 5.41) is 63.1. The minimum atomic E-state index is -1.73. The molecule has 0 unspecified atom stereocenters. The number of primary amides is 1. The molecule has 12 amide bonds. The highest BCUT2D eigenvalue weighted by Crippen LogP contribution is 2.27. The molecule has 2 aromatic heterocycles. The second kappa shape index (κ2) is 59.5. The van der Waals surface area contributed by atoms with Crippen LogP contribution in [-0.4, -0.2) is 261 Å². The summed E-state index contributed by atoms with van der Waals surface area (Å²) >= 11 is 0. The number of nitrogens with zero attached hydrogens (tertiary/aromatic N) is 6. The van der Waals surface area contributed by atoms with Crippen LogP contribution in [-0.2, 0) is 101 Å². The zero-order chi connectivity index (χ0) is 94.7. The number of H-pyrrole nitrogens is 2. The molecule has 4 aromatic rings. The smallest absolute Gasteiger partial charge is 0.246 e. The van der Waals surface area contributed by atoms with Crippen LogP contribution in [0.5, 0.6) is 0 Å².